The summed E-state index contributed by atoms with van der Waals surface area (Å²) in [5.74, 6) is -3.03. The van der Waals surface area contributed by atoms with Crippen LogP contribution in [-0.4, -0.2) is 55.7 Å². The number of anilines is 1. The molecule has 2 amide bonds. The van der Waals surface area contributed by atoms with E-state index < -0.39 is 30.4 Å². The number of hydrogen-bond donors (Lipinski definition) is 2. The van der Waals surface area contributed by atoms with Gasteiger partial charge in [0.2, 0.25) is 0 Å². The van der Waals surface area contributed by atoms with Crippen LogP contribution in [0.4, 0.5) is 5.00 Å². The number of rotatable bonds is 9. The quantitative estimate of drug-likeness (QED) is 0.330. The molecule has 2 aromatic rings. The zero-order valence-corrected chi connectivity index (χ0v) is 17.6. The Morgan fingerprint density at radius 1 is 1.17 bits per heavy atom. The van der Waals surface area contributed by atoms with E-state index in [4.69, 9.17) is 31.5 Å². The SMILES string of the molecule is COCCOC(=O)c1c(NC(=O)COC(=O)c2ccc(Cl)nc2)sc(C(N)=O)c1C. The van der Waals surface area contributed by atoms with Crippen molar-refractivity contribution in [2.75, 3.05) is 32.2 Å². The van der Waals surface area contributed by atoms with E-state index in [0.29, 0.717) is 0 Å². The molecule has 10 nitrogen and oxygen atoms in total. The summed E-state index contributed by atoms with van der Waals surface area (Å²) in [5, 5.41) is 2.69. The van der Waals surface area contributed by atoms with Crippen molar-refractivity contribution in [2.24, 2.45) is 5.73 Å². The van der Waals surface area contributed by atoms with Crippen LogP contribution in [0.5, 0.6) is 0 Å². The minimum absolute atomic E-state index is 0.00789. The van der Waals surface area contributed by atoms with Gasteiger partial charge in [0.05, 0.1) is 22.6 Å². The number of halogens is 1. The lowest BCUT2D eigenvalue weighted by atomic mass is 10.1. The zero-order valence-electron chi connectivity index (χ0n) is 16.0. The molecule has 0 radical (unpaired) electrons. The van der Waals surface area contributed by atoms with Gasteiger partial charge in [-0.15, -0.1) is 11.3 Å². The second kappa shape index (κ2) is 10.7. The average Bonchev–Trinajstić information content (AvgIpc) is 3.03. The summed E-state index contributed by atoms with van der Waals surface area (Å²) in [7, 11) is 1.45. The molecule has 0 fully saturated rings. The fourth-order valence-corrected chi connectivity index (χ4v) is 3.42. The third kappa shape index (κ3) is 5.99. The molecule has 160 valence electrons. The highest BCUT2D eigenvalue weighted by molar-refractivity contribution is 7.18. The van der Waals surface area contributed by atoms with Gasteiger partial charge in [-0.3, -0.25) is 9.59 Å². The Kier molecular flexibility index (Phi) is 8.27. The summed E-state index contributed by atoms with van der Waals surface area (Å²) >= 11 is 6.47. The number of nitrogens with zero attached hydrogens (tertiary/aromatic N) is 1. The first-order chi connectivity index (χ1) is 14.2. The number of methoxy groups -OCH3 is 1. The van der Waals surface area contributed by atoms with Crippen molar-refractivity contribution in [1.29, 1.82) is 0 Å². The van der Waals surface area contributed by atoms with E-state index in [9.17, 15) is 19.2 Å². The number of hydrogen-bond acceptors (Lipinski definition) is 9. The van der Waals surface area contributed by atoms with Crippen molar-refractivity contribution in [3.8, 4) is 0 Å². The molecular formula is C18H18ClN3O7S. The molecule has 0 aliphatic carbocycles. The van der Waals surface area contributed by atoms with Crippen molar-refractivity contribution in [2.45, 2.75) is 6.92 Å². The minimum atomic E-state index is -0.784. The van der Waals surface area contributed by atoms with Crippen LogP contribution >= 0.6 is 22.9 Å². The van der Waals surface area contributed by atoms with Gasteiger partial charge < -0.3 is 25.3 Å². The number of carbonyl (C=O) groups is 4. The summed E-state index contributed by atoms with van der Waals surface area (Å²) in [6, 6.07) is 2.80. The van der Waals surface area contributed by atoms with Gasteiger partial charge in [-0.2, -0.15) is 0 Å². The maximum absolute atomic E-state index is 12.4. The van der Waals surface area contributed by atoms with E-state index >= 15 is 0 Å². The number of thiophene rings is 1. The molecule has 0 atom stereocenters. The van der Waals surface area contributed by atoms with Crippen LogP contribution in [0.15, 0.2) is 18.3 Å². The van der Waals surface area contributed by atoms with E-state index in [-0.39, 0.29) is 44.9 Å². The average molecular weight is 456 g/mol. The van der Waals surface area contributed by atoms with Crippen molar-refractivity contribution in [1.82, 2.24) is 4.98 Å². The molecule has 0 saturated carbocycles. The third-order valence-electron chi connectivity index (χ3n) is 3.65. The molecule has 2 heterocycles. The molecule has 0 aromatic carbocycles. The van der Waals surface area contributed by atoms with Gasteiger partial charge in [0.1, 0.15) is 16.8 Å². The molecule has 0 unspecified atom stereocenters. The van der Waals surface area contributed by atoms with Gasteiger partial charge in [-0.1, -0.05) is 11.6 Å². The van der Waals surface area contributed by atoms with Crippen LogP contribution in [0.3, 0.4) is 0 Å². The highest BCUT2D eigenvalue weighted by Gasteiger charge is 2.26. The molecule has 0 spiro atoms. The van der Waals surface area contributed by atoms with E-state index in [1.54, 1.807) is 0 Å². The third-order valence-corrected chi connectivity index (χ3v) is 5.09. The van der Waals surface area contributed by atoms with Gasteiger partial charge >= 0.3 is 11.9 Å². The summed E-state index contributed by atoms with van der Waals surface area (Å²) in [6.07, 6.45) is 1.21. The van der Waals surface area contributed by atoms with Crippen LogP contribution in [0.25, 0.3) is 0 Å². The second-order valence-corrected chi connectivity index (χ2v) is 7.16. The lowest BCUT2D eigenvalue weighted by molar-refractivity contribution is -0.119. The smallest absolute Gasteiger partial charge is 0.341 e. The standard InChI is InChI=1S/C18H18ClN3O7S/c1-9-13(18(26)28-6-5-27-2)16(30-14(9)15(20)24)22-12(23)8-29-17(25)10-3-4-11(19)21-7-10/h3-4,7H,5-6,8H2,1-2H3,(H2,20,24)(H,22,23). The van der Waals surface area contributed by atoms with Crippen molar-refractivity contribution in [3.05, 3.63) is 45.1 Å². The van der Waals surface area contributed by atoms with Gasteiger partial charge in [0.25, 0.3) is 11.8 Å². The fourth-order valence-electron chi connectivity index (χ4n) is 2.25. The maximum Gasteiger partial charge on any atom is 0.341 e. The Balaban J connectivity index is 2.09. The maximum atomic E-state index is 12.4. The van der Waals surface area contributed by atoms with E-state index in [0.717, 1.165) is 11.3 Å². The number of pyridine rings is 1. The normalized spacial score (nSPS) is 10.4. The number of primary amides is 1. The van der Waals surface area contributed by atoms with Crippen molar-refractivity contribution < 1.29 is 33.4 Å². The summed E-state index contributed by atoms with van der Waals surface area (Å²) in [6.45, 7) is 1.03. The molecule has 0 aliphatic heterocycles. The lowest BCUT2D eigenvalue weighted by Gasteiger charge is -2.08. The Morgan fingerprint density at radius 2 is 1.90 bits per heavy atom. The predicted octanol–water partition coefficient (Wildman–Crippen LogP) is 1.80. The highest BCUT2D eigenvalue weighted by atomic mass is 35.5. The summed E-state index contributed by atoms with van der Waals surface area (Å²) in [4.78, 5) is 52.0. The highest BCUT2D eigenvalue weighted by Crippen LogP contribution is 2.33. The molecule has 12 heteroatoms. The molecule has 0 bridgehead atoms. The van der Waals surface area contributed by atoms with Crippen LogP contribution in [0.2, 0.25) is 5.15 Å². The molecule has 0 aliphatic rings. The van der Waals surface area contributed by atoms with Crippen LogP contribution in [-0.2, 0) is 19.0 Å². The minimum Gasteiger partial charge on any atom is -0.460 e. The van der Waals surface area contributed by atoms with Crippen LogP contribution < -0.4 is 11.1 Å². The van der Waals surface area contributed by atoms with Crippen LogP contribution in [0, 0.1) is 6.92 Å². The Hall–Kier alpha value is -3.02. The van der Waals surface area contributed by atoms with Gasteiger partial charge in [-0.25, -0.2) is 14.6 Å². The number of carbonyl (C=O) groups excluding carboxylic acids is 4. The van der Waals surface area contributed by atoms with Gasteiger partial charge in [0.15, 0.2) is 6.61 Å². The zero-order chi connectivity index (χ0) is 22.3. The number of ether oxygens (including phenoxy) is 3. The van der Waals surface area contributed by atoms with E-state index in [1.165, 1.54) is 32.4 Å². The summed E-state index contributed by atoms with van der Waals surface area (Å²) < 4.78 is 14.8. The van der Waals surface area contributed by atoms with Gasteiger partial charge in [-0.05, 0) is 24.6 Å². The number of nitrogens with two attached hydrogens (primary N) is 1. The molecule has 0 saturated heterocycles. The van der Waals surface area contributed by atoms with E-state index in [2.05, 4.69) is 10.3 Å². The lowest BCUT2D eigenvalue weighted by Crippen LogP contribution is -2.22. The number of nitrogens with one attached hydrogen (secondary N) is 1. The van der Waals surface area contributed by atoms with Crippen molar-refractivity contribution in [3.63, 3.8) is 0 Å². The first kappa shape index (κ1) is 23.3. The first-order valence-electron chi connectivity index (χ1n) is 8.42. The molecular weight excluding hydrogens is 438 g/mol. The molecule has 2 rings (SSSR count). The fraction of sp³-hybridized carbons (Fsp3) is 0.278. The molecule has 2 aromatic heterocycles. The molecule has 3 N–H and O–H groups in total. The predicted molar refractivity (Wildman–Crippen MR) is 108 cm³/mol. The number of aromatic nitrogens is 1. The van der Waals surface area contributed by atoms with Crippen molar-refractivity contribution >= 4 is 51.7 Å². The Morgan fingerprint density at radius 3 is 2.50 bits per heavy atom. The number of esters is 2. The summed E-state index contributed by atoms with van der Waals surface area (Å²) in [5.41, 5.74) is 5.70. The number of amides is 2. The topological polar surface area (TPSA) is 147 Å². The largest absolute Gasteiger partial charge is 0.460 e. The van der Waals surface area contributed by atoms with Gasteiger partial charge in [0, 0.05) is 13.3 Å². The monoisotopic (exact) mass is 455 g/mol. The molecule has 30 heavy (non-hydrogen) atoms. The van der Waals surface area contributed by atoms with E-state index in [1.807, 2.05) is 0 Å². The first-order valence-corrected chi connectivity index (χ1v) is 9.61. The van der Waals surface area contributed by atoms with Crippen LogP contribution in [0.1, 0.15) is 36.0 Å². The Bertz CT molecular complexity index is 959. The Labute approximate surface area is 180 Å². The second-order valence-electron chi connectivity index (χ2n) is 5.75.